The van der Waals surface area contributed by atoms with Crippen molar-refractivity contribution in [1.82, 2.24) is 4.90 Å². The van der Waals surface area contributed by atoms with E-state index in [0.717, 1.165) is 25.8 Å². The zero-order valence-corrected chi connectivity index (χ0v) is 15.5. The van der Waals surface area contributed by atoms with Gasteiger partial charge in [0.05, 0.1) is 6.61 Å². The molecule has 1 saturated heterocycles. The van der Waals surface area contributed by atoms with Gasteiger partial charge in [-0.25, -0.2) is 9.18 Å². The van der Waals surface area contributed by atoms with Crippen LogP contribution in [0.4, 0.5) is 9.18 Å². The van der Waals surface area contributed by atoms with E-state index in [1.165, 1.54) is 12.1 Å². The van der Waals surface area contributed by atoms with Crippen molar-refractivity contribution in [2.45, 2.75) is 58.6 Å². The van der Waals surface area contributed by atoms with Gasteiger partial charge >= 0.3 is 6.09 Å². The molecule has 3 rings (SSSR count). The summed E-state index contributed by atoms with van der Waals surface area (Å²) in [4.78, 5) is 14.5. The van der Waals surface area contributed by atoms with Crippen LogP contribution in [-0.2, 0) is 4.74 Å². The summed E-state index contributed by atoms with van der Waals surface area (Å²) in [6.45, 7) is 9.08. The van der Waals surface area contributed by atoms with Crippen LogP contribution in [0.15, 0.2) is 24.3 Å². The quantitative estimate of drug-likeness (QED) is 0.795. The normalized spacial score (nSPS) is 28.3. The predicted octanol–water partition coefficient (Wildman–Crippen LogP) is 4.63. The summed E-state index contributed by atoms with van der Waals surface area (Å²) in [5.41, 5.74) is -0.505. The zero-order valence-electron chi connectivity index (χ0n) is 15.5. The summed E-state index contributed by atoms with van der Waals surface area (Å²) in [5.74, 6) is 0.854. The number of halogens is 1. The first-order valence-corrected chi connectivity index (χ1v) is 9.13. The van der Waals surface area contributed by atoms with E-state index in [1.807, 2.05) is 25.7 Å². The van der Waals surface area contributed by atoms with Crippen LogP contribution in [0.3, 0.4) is 0 Å². The molecule has 1 aromatic carbocycles. The van der Waals surface area contributed by atoms with Gasteiger partial charge in [0, 0.05) is 18.0 Å². The van der Waals surface area contributed by atoms with Crippen molar-refractivity contribution in [3.63, 3.8) is 0 Å². The molecule has 5 heteroatoms. The van der Waals surface area contributed by atoms with E-state index in [2.05, 4.69) is 6.92 Å². The van der Waals surface area contributed by atoms with E-state index >= 15 is 0 Å². The largest absolute Gasteiger partial charge is 0.493 e. The van der Waals surface area contributed by atoms with Crippen molar-refractivity contribution >= 4 is 6.09 Å². The fourth-order valence-corrected chi connectivity index (χ4v) is 4.29. The summed E-state index contributed by atoms with van der Waals surface area (Å²) >= 11 is 0. The number of carbonyl (C=O) groups is 1. The third-order valence-corrected chi connectivity index (χ3v) is 5.56. The number of amides is 1. The monoisotopic (exact) mass is 349 g/mol. The number of rotatable bonds is 4. The molecule has 2 aliphatic rings. The second kappa shape index (κ2) is 6.50. The Bertz CT molecular complexity index is 625. The minimum absolute atomic E-state index is 0.0138. The number of fused-ring (bicyclic) bond motifs is 1. The van der Waals surface area contributed by atoms with Crippen molar-refractivity contribution in [3.8, 4) is 5.75 Å². The van der Waals surface area contributed by atoms with Gasteiger partial charge in [0.15, 0.2) is 0 Å². The van der Waals surface area contributed by atoms with Gasteiger partial charge in [-0.1, -0.05) is 6.92 Å². The molecule has 3 unspecified atom stereocenters. The van der Waals surface area contributed by atoms with E-state index in [4.69, 9.17) is 9.47 Å². The topological polar surface area (TPSA) is 38.8 Å². The summed E-state index contributed by atoms with van der Waals surface area (Å²) < 4.78 is 24.6. The molecule has 3 atom stereocenters. The van der Waals surface area contributed by atoms with E-state index in [0.29, 0.717) is 18.3 Å². The molecule has 1 amide bonds. The number of ether oxygens (including phenoxy) is 2. The van der Waals surface area contributed by atoms with Crippen LogP contribution in [0, 0.1) is 17.2 Å². The van der Waals surface area contributed by atoms with Gasteiger partial charge in [0.25, 0.3) is 0 Å². The maximum Gasteiger partial charge on any atom is 0.410 e. The van der Waals surface area contributed by atoms with E-state index in [9.17, 15) is 9.18 Å². The highest BCUT2D eigenvalue weighted by Crippen LogP contribution is 2.57. The first-order valence-electron chi connectivity index (χ1n) is 9.13. The number of hydrogen-bond donors (Lipinski definition) is 0. The molecule has 0 bridgehead atoms. The van der Waals surface area contributed by atoms with Gasteiger partial charge in [0.1, 0.15) is 17.2 Å². The molecule has 25 heavy (non-hydrogen) atoms. The van der Waals surface area contributed by atoms with Crippen LogP contribution in [0.5, 0.6) is 5.75 Å². The minimum Gasteiger partial charge on any atom is -0.493 e. The molecule has 0 radical (unpaired) electrons. The van der Waals surface area contributed by atoms with Gasteiger partial charge in [-0.2, -0.15) is 0 Å². The molecule has 0 N–H and O–H groups in total. The van der Waals surface area contributed by atoms with E-state index < -0.39 is 5.60 Å². The van der Waals surface area contributed by atoms with Crippen LogP contribution in [0.1, 0.15) is 47.0 Å². The summed E-state index contributed by atoms with van der Waals surface area (Å²) in [5, 5.41) is 0. The number of hydrogen-bond acceptors (Lipinski definition) is 3. The Morgan fingerprint density at radius 1 is 1.32 bits per heavy atom. The average molecular weight is 349 g/mol. The average Bonchev–Trinajstić information content (AvgIpc) is 2.73. The Balaban J connectivity index is 1.72. The molecular formula is C20H28FNO3. The van der Waals surface area contributed by atoms with Crippen molar-refractivity contribution in [2.75, 3.05) is 13.2 Å². The lowest BCUT2D eigenvalue weighted by Crippen LogP contribution is -2.51. The molecule has 2 fully saturated rings. The lowest BCUT2D eigenvalue weighted by atomic mass is 9.59. The SMILES string of the molecule is CCC1N(C(=O)OC(C)(C)C)CC2CCC21COc1ccc(F)cc1. The maximum absolute atomic E-state index is 13.1. The number of likely N-dealkylation sites (tertiary alicyclic amines) is 1. The lowest BCUT2D eigenvalue weighted by molar-refractivity contribution is -0.0188. The number of carbonyl (C=O) groups excluding carboxylic acids is 1. The molecule has 1 aliphatic carbocycles. The van der Waals surface area contributed by atoms with Crippen LogP contribution in [-0.4, -0.2) is 35.8 Å². The van der Waals surface area contributed by atoms with Gasteiger partial charge in [0.2, 0.25) is 0 Å². The van der Waals surface area contributed by atoms with E-state index in [1.54, 1.807) is 12.1 Å². The molecule has 0 aromatic heterocycles. The van der Waals surface area contributed by atoms with Crippen molar-refractivity contribution < 1.29 is 18.7 Å². The maximum atomic E-state index is 13.1. The Kier molecular flexibility index (Phi) is 4.69. The Morgan fingerprint density at radius 3 is 2.52 bits per heavy atom. The van der Waals surface area contributed by atoms with Gasteiger partial charge < -0.3 is 14.4 Å². The first-order chi connectivity index (χ1) is 11.7. The third kappa shape index (κ3) is 3.46. The van der Waals surface area contributed by atoms with Gasteiger partial charge in [-0.15, -0.1) is 0 Å². The van der Waals surface area contributed by atoms with Gasteiger partial charge in [-0.3, -0.25) is 0 Å². The van der Waals surface area contributed by atoms with E-state index in [-0.39, 0.29) is 23.4 Å². The minimum atomic E-state index is -0.491. The lowest BCUT2D eigenvalue weighted by Gasteiger charge is -2.47. The number of benzene rings is 1. The molecule has 4 nitrogen and oxygen atoms in total. The molecule has 1 aliphatic heterocycles. The summed E-state index contributed by atoms with van der Waals surface area (Å²) in [6, 6.07) is 6.25. The van der Waals surface area contributed by atoms with Gasteiger partial charge in [-0.05, 0) is 70.2 Å². The Labute approximate surface area is 149 Å². The summed E-state index contributed by atoms with van der Waals surface area (Å²) in [7, 11) is 0. The smallest absolute Gasteiger partial charge is 0.410 e. The fraction of sp³-hybridized carbons (Fsp3) is 0.650. The molecule has 1 aromatic rings. The highest BCUT2D eigenvalue weighted by molar-refractivity contribution is 5.69. The molecule has 1 saturated carbocycles. The third-order valence-electron chi connectivity index (χ3n) is 5.56. The highest BCUT2D eigenvalue weighted by atomic mass is 19.1. The van der Waals surface area contributed by atoms with Crippen molar-refractivity contribution in [1.29, 1.82) is 0 Å². The van der Waals surface area contributed by atoms with Crippen LogP contribution >= 0.6 is 0 Å². The van der Waals surface area contributed by atoms with Crippen LogP contribution in [0.25, 0.3) is 0 Å². The Morgan fingerprint density at radius 2 is 2.00 bits per heavy atom. The second-order valence-electron chi connectivity index (χ2n) is 8.27. The Hall–Kier alpha value is -1.78. The second-order valence-corrected chi connectivity index (χ2v) is 8.27. The van der Waals surface area contributed by atoms with Crippen molar-refractivity contribution in [3.05, 3.63) is 30.1 Å². The zero-order chi connectivity index (χ0) is 18.2. The van der Waals surface area contributed by atoms with Crippen LogP contribution < -0.4 is 4.74 Å². The van der Waals surface area contributed by atoms with Crippen molar-refractivity contribution in [2.24, 2.45) is 11.3 Å². The molecule has 138 valence electrons. The predicted molar refractivity (Wildman–Crippen MR) is 94.1 cm³/mol. The fourth-order valence-electron chi connectivity index (χ4n) is 4.29. The summed E-state index contributed by atoms with van der Waals surface area (Å²) in [6.07, 6.45) is 2.82. The molecular weight excluding hydrogens is 321 g/mol. The molecule has 1 heterocycles. The molecule has 0 spiro atoms. The number of nitrogens with zero attached hydrogens (tertiary/aromatic N) is 1. The highest BCUT2D eigenvalue weighted by Gasteiger charge is 2.60. The van der Waals surface area contributed by atoms with Crippen LogP contribution in [0.2, 0.25) is 0 Å². The first kappa shape index (κ1) is 18.0. The standard InChI is InChI=1S/C20H28FNO3/c1-5-17-20(13-24-16-8-6-15(21)7-9-16)11-10-14(20)12-22(17)18(23)25-19(2,3)4/h6-9,14,17H,5,10-13H2,1-4H3.